The third kappa shape index (κ3) is 5.02. The smallest absolute Gasteiger partial charge is 0.259 e. The highest BCUT2D eigenvalue weighted by Crippen LogP contribution is 2.36. The Morgan fingerprint density at radius 1 is 1.23 bits per heavy atom. The van der Waals surface area contributed by atoms with Crippen LogP contribution in [0.3, 0.4) is 0 Å². The molecule has 3 aromatic rings. The number of hydrogen-bond donors (Lipinski definition) is 1. The Morgan fingerprint density at radius 2 is 2.00 bits per heavy atom. The Balaban J connectivity index is 1.19. The second kappa shape index (κ2) is 9.34. The number of rotatable bonds is 7. The number of nitrogens with one attached hydrogen (secondary N) is 1. The second-order valence-corrected chi connectivity index (χ2v) is 8.33. The van der Waals surface area contributed by atoms with E-state index in [0.717, 1.165) is 36.3 Å². The van der Waals surface area contributed by atoms with Crippen molar-refractivity contribution in [3.63, 3.8) is 0 Å². The van der Waals surface area contributed by atoms with Gasteiger partial charge in [-0.05, 0) is 62.8 Å². The molecule has 1 saturated carbocycles. The highest BCUT2D eigenvalue weighted by atomic mass is 32.1. The van der Waals surface area contributed by atoms with E-state index in [0.29, 0.717) is 30.0 Å². The van der Waals surface area contributed by atoms with E-state index in [2.05, 4.69) is 20.5 Å². The molecule has 9 heteroatoms. The molecule has 7 nitrogen and oxygen atoms in total. The van der Waals surface area contributed by atoms with Gasteiger partial charge >= 0.3 is 0 Å². The minimum absolute atomic E-state index is 0.0806. The molecule has 158 valence electrons. The molecular formula is C21H23FN4O3S. The SMILES string of the molecule is Cc1ncsc1-c1nnc(C2CCC(CNC(=O)COc3ccc(F)cc3)CC2)o1. The van der Waals surface area contributed by atoms with Crippen LogP contribution >= 0.6 is 11.3 Å². The third-order valence-corrected chi connectivity index (χ3v) is 6.26. The molecule has 2 heterocycles. The fourth-order valence-corrected chi connectivity index (χ4v) is 4.32. The zero-order valence-corrected chi connectivity index (χ0v) is 17.5. The van der Waals surface area contributed by atoms with Crippen molar-refractivity contribution in [1.82, 2.24) is 20.5 Å². The summed E-state index contributed by atoms with van der Waals surface area (Å²) in [6, 6.07) is 5.61. The van der Waals surface area contributed by atoms with E-state index in [4.69, 9.17) is 9.15 Å². The quantitative estimate of drug-likeness (QED) is 0.607. The minimum atomic E-state index is -0.335. The Bertz CT molecular complexity index is 980. The number of ether oxygens (including phenoxy) is 1. The van der Waals surface area contributed by atoms with Crippen LogP contribution in [0, 0.1) is 18.7 Å². The fourth-order valence-electron chi connectivity index (χ4n) is 3.60. The zero-order valence-electron chi connectivity index (χ0n) is 16.6. The van der Waals surface area contributed by atoms with Gasteiger partial charge in [0.25, 0.3) is 11.8 Å². The number of hydrogen-bond acceptors (Lipinski definition) is 7. The molecule has 1 aliphatic carbocycles. The largest absolute Gasteiger partial charge is 0.484 e. The molecule has 2 aromatic heterocycles. The summed E-state index contributed by atoms with van der Waals surface area (Å²) in [6.07, 6.45) is 3.88. The van der Waals surface area contributed by atoms with Gasteiger partial charge in [0.05, 0.1) is 11.2 Å². The number of carbonyl (C=O) groups is 1. The molecule has 1 amide bonds. The second-order valence-electron chi connectivity index (χ2n) is 7.48. The van der Waals surface area contributed by atoms with Gasteiger partial charge in [0.2, 0.25) is 5.89 Å². The lowest BCUT2D eigenvalue weighted by Crippen LogP contribution is -2.34. The number of aryl methyl sites for hydroxylation is 1. The minimum Gasteiger partial charge on any atom is -0.484 e. The monoisotopic (exact) mass is 430 g/mol. The summed E-state index contributed by atoms with van der Waals surface area (Å²) in [5, 5.41) is 11.4. The van der Waals surface area contributed by atoms with Crippen molar-refractivity contribution in [1.29, 1.82) is 0 Å². The number of benzene rings is 1. The molecule has 0 saturated heterocycles. The average Bonchev–Trinajstić information content (AvgIpc) is 3.41. The van der Waals surface area contributed by atoms with Gasteiger partial charge in [-0.2, -0.15) is 0 Å². The summed E-state index contributed by atoms with van der Waals surface area (Å²) in [7, 11) is 0. The fraction of sp³-hybridized carbons (Fsp3) is 0.429. The molecule has 0 radical (unpaired) electrons. The first kappa shape index (κ1) is 20.5. The van der Waals surface area contributed by atoms with Crippen molar-refractivity contribution in [3.05, 3.63) is 47.2 Å². The maximum atomic E-state index is 12.9. The van der Waals surface area contributed by atoms with Gasteiger partial charge in [-0.15, -0.1) is 21.5 Å². The van der Waals surface area contributed by atoms with E-state index in [1.165, 1.54) is 35.6 Å². The lowest BCUT2D eigenvalue weighted by molar-refractivity contribution is -0.123. The molecular weight excluding hydrogens is 407 g/mol. The molecule has 0 spiro atoms. The van der Waals surface area contributed by atoms with Gasteiger partial charge in [0, 0.05) is 12.5 Å². The van der Waals surface area contributed by atoms with E-state index in [-0.39, 0.29) is 24.2 Å². The van der Waals surface area contributed by atoms with Crippen LogP contribution in [-0.4, -0.2) is 34.2 Å². The Labute approximate surface area is 177 Å². The average molecular weight is 431 g/mol. The highest BCUT2D eigenvalue weighted by molar-refractivity contribution is 7.13. The van der Waals surface area contributed by atoms with E-state index in [1.807, 2.05) is 6.92 Å². The first-order valence-corrected chi connectivity index (χ1v) is 10.9. The van der Waals surface area contributed by atoms with Crippen LogP contribution in [0.25, 0.3) is 10.8 Å². The van der Waals surface area contributed by atoms with Crippen LogP contribution in [0.4, 0.5) is 4.39 Å². The van der Waals surface area contributed by atoms with Gasteiger partial charge < -0.3 is 14.5 Å². The standard InChI is InChI=1S/C21H23FN4O3S/c1-13-19(30-12-24-13)21-26-25-20(29-21)15-4-2-14(3-5-15)10-23-18(27)11-28-17-8-6-16(22)7-9-17/h6-9,12,14-15H,2-5,10-11H2,1H3,(H,23,27). The first-order valence-electron chi connectivity index (χ1n) is 9.97. The van der Waals surface area contributed by atoms with E-state index in [1.54, 1.807) is 5.51 Å². The third-order valence-electron chi connectivity index (χ3n) is 5.35. The Hall–Kier alpha value is -2.81. The molecule has 30 heavy (non-hydrogen) atoms. The summed E-state index contributed by atoms with van der Waals surface area (Å²) in [6.45, 7) is 2.47. The molecule has 1 fully saturated rings. The highest BCUT2D eigenvalue weighted by Gasteiger charge is 2.27. The zero-order chi connectivity index (χ0) is 20.9. The van der Waals surface area contributed by atoms with Crippen molar-refractivity contribution in [2.45, 2.75) is 38.5 Å². The van der Waals surface area contributed by atoms with Crippen LogP contribution in [0.2, 0.25) is 0 Å². The number of aromatic nitrogens is 3. The van der Waals surface area contributed by atoms with Crippen LogP contribution in [0.5, 0.6) is 5.75 Å². The molecule has 0 aliphatic heterocycles. The van der Waals surface area contributed by atoms with Gasteiger partial charge in [-0.25, -0.2) is 9.37 Å². The van der Waals surface area contributed by atoms with Crippen LogP contribution < -0.4 is 10.1 Å². The molecule has 1 aromatic carbocycles. The van der Waals surface area contributed by atoms with Crippen molar-refractivity contribution >= 4 is 17.2 Å². The predicted octanol–water partition coefficient (Wildman–Crippen LogP) is 4.11. The number of nitrogens with zero attached hydrogens (tertiary/aromatic N) is 3. The molecule has 0 unspecified atom stereocenters. The lowest BCUT2D eigenvalue weighted by Gasteiger charge is -2.26. The topological polar surface area (TPSA) is 90.1 Å². The summed E-state index contributed by atoms with van der Waals surface area (Å²) >= 11 is 1.50. The number of halogens is 1. The van der Waals surface area contributed by atoms with Crippen LogP contribution in [0.1, 0.15) is 43.2 Å². The Morgan fingerprint density at radius 3 is 2.70 bits per heavy atom. The van der Waals surface area contributed by atoms with Gasteiger partial charge in [-0.3, -0.25) is 4.79 Å². The maximum absolute atomic E-state index is 12.9. The first-order chi connectivity index (χ1) is 14.6. The summed E-state index contributed by atoms with van der Waals surface area (Å²) in [4.78, 5) is 17.2. The summed E-state index contributed by atoms with van der Waals surface area (Å²) in [5.41, 5.74) is 2.68. The van der Waals surface area contributed by atoms with Gasteiger partial charge in [0.15, 0.2) is 6.61 Å². The van der Waals surface area contributed by atoms with Crippen molar-refractivity contribution in [3.8, 4) is 16.5 Å². The van der Waals surface area contributed by atoms with Gasteiger partial charge in [-0.1, -0.05) is 0 Å². The normalized spacial score (nSPS) is 18.9. The molecule has 0 atom stereocenters. The molecule has 1 N–H and O–H groups in total. The number of amides is 1. The predicted molar refractivity (Wildman–Crippen MR) is 110 cm³/mol. The van der Waals surface area contributed by atoms with E-state index < -0.39 is 0 Å². The van der Waals surface area contributed by atoms with Gasteiger partial charge in [0.1, 0.15) is 16.4 Å². The number of carbonyl (C=O) groups excluding carboxylic acids is 1. The van der Waals surface area contributed by atoms with E-state index >= 15 is 0 Å². The van der Waals surface area contributed by atoms with Crippen molar-refractivity contribution in [2.24, 2.45) is 5.92 Å². The summed E-state index contributed by atoms with van der Waals surface area (Å²) < 4.78 is 24.1. The summed E-state index contributed by atoms with van der Waals surface area (Å²) in [5.74, 6) is 1.86. The van der Waals surface area contributed by atoms with Crippen molar-refractivity contribution < 1.29 is 18.3 Å². The Kier molecular flexibility index (Phi) is 6.37. The molecule has 0 bridgehead atoms. The maximum Gasteiger partial charge on any atom is 0.259 e. The molecule has 1 aliphatic rings. The van der Waals surface area contributed by atoms with E-state index in [9.17, 15) is 9.18 Å². The lowest BCUT2D eigenvalue weighted by atomic mass is 9.82. The van der Waals surface area contributed by atoms with Crippen LogP contribution in [0.15, 0.2) is 34.2 Å². The van der Waals surface area contributed by atoms with Crippen LogP contribution in [-0.2, 0) is 4.79 Å². The molecule has 4 rings (SSSR count). The van der Waals surface area contributed by atoms with Crippen molar-refractivity contribution in [2.75, 3.05) is 13.2 Å². The number of thiazole rings is 1.